The van der Waals surface area contributed by atoms with Crippen molar-refractivity contribution in [1.82, 2.24) is 10.9 Å². The van der Waals surface area contributed by atoms with E-state index in [4.69, 9.17) is 5.21 Å². The smallest absolute Gasteiger partial charge is 0.243 e. The Morgan fingerprint density at radius 2 is 1.86 bits per heavy atom. The molecule has 0 unspecified atom stereocenters. The van der Waals surface area contributed by atoms with Crippen molar-refractivity contribution >= 4 is 34.0 Å². The highest BCUT2D eigenvalue weighted by Gasteiger charge is 2.02. The summed E-state index contributed by atoms with van der Waals surface area (Å²) in [5, 5.41) is 21.5. The number of benzene rings is 1. The molecule has 1 aromatic rings. The first kappa shape index (κ1) is 18.1. The highest BCUT2D eigenvalue weighted by Crippen LogP contribution is 2.19. The fourth-order valence-corrected chi connectivity index (χ4v) is 2.01. The second-order valence-corrected chi connectivity index (χ2v) is 5.45. The average Bonchev–Trinajstić information content (AvgIpc) is 2.50. The fraction of sp³-hybridized carbons (Fsp3) is 0.357. The Kier molecular flexibility index (Phi) is 8.16. The van der Waals surface area contributed by atoms with Crippen LogP contribution in [-0.4, -0.2) is 28.3 Å². The number of rotatable bonds is 8. The van der Waals surface area contributed by atoms with Crippen LogP contribution in [0.3, 0.4) is 0 Å². The maximum absolute atomic E-state index is 11.5. The van der Waals surface area contributed by atoms with Gasteiger partial charge in [-0.25, -0.2) is 10.9 Å². The number of hydrogen-bond acceptors (Lipinski definition) is 5. The van der Waals surface area contributed by atoms with E-state index in [0.29, 0.717) is 31.2 Å². The molecule has 0 spiro atoms. The van der Waals surface area contributed by atoms with E-state index in [1.807, 2.05) is 0 Å². The van der Waals surface area contributed by atoms with Gasteiger partial charge in [0.25, 0.3) is 0 Å². The zero-order valence-electron chi connectivity index (χ0n) is 11.9. The lowest BCUT2D eigenvalue weighted by Crippen LogP contribution is -2.18. The van der Waals surface area contributed by atoms with Crippen LogP contribution >= 0.6 is 15.9 Å². The van der Waals surface area contributed by atoms with E-state index in [1.165, 1.54) is 18.3 Å². The lowest BCUT2D eigenvalue weighted by Gasteiger charge is -2.01. The van der Waals surface area contributed by atoms with Crippen molar-refractivity contribution in [1.29, 1.82) is 0 Å². The minimum Gasteiger partial charge on any atom is -0.508 e. The van der Waals surface area contributed by atoms with Gasteiger partial charge in [-0.05, 0) is 31.0 Å². The Labute approximate surface area is 136 Å². The summed E-state index contributed by atoms with van der Waals surface area (Å²) in [6.45, 7) is 0. The Morgan fingerprint density at radius 1 is 1.18 bits per heavy atom. The zero-order chi connectivity index (χ0) is 16.4. The molecule has 0 fully saturated rings. The quantitative estimate of drug-likeness (QED) is 0.242. The minimum atomic E-state index is -0.425. The first-order chi connectivity index (χ1) is 10.5. The van der Waals surface area contributed by atoms with Crippen LogP contribution in [0.25, 0.3) is 0 Å². The molecule has 120 valence electrons. The first-order valence-electron chi connectivity index (χ1n) is 6.76. The maximum Gasteiger partial charge on any atom is 0.243 e. The van der Waals surface area contributed by atoms with Gasteiger partial charge in [-0.3, -0.25) is 14.8 Å². The molecule has 7 nitrogen and oxygen atoms in total. The number of unbranched alkanes of at least 4 members (excludes halogenated alkanes) is 2. The van der Waals surface area contributed by atoms with Crippen LogP contribution in [0.4, 0.5) is 0 Å². The molecule has 0 aliphatic heterocycles. The fourth-order valence-electron chi connectivity index (χ4n) is 1.66. The monoisotopic (exact) mass is 371 g/mol. The Hall–Kier alpha value is -1.93. The van der Waals surface area contributed by atoms with Crippen LogP contribution in [0.1, 0.15) is 37.7 Å². The largest absolute Gasteiger partial charge is 0.508 e. The number of phenolic OH excluding ortho intramolecular Hbond substituents is 1. The van der Waals surface area contributed by atoms with E-state index in [1.54, 1.807) is 11.5 Å². The van der Waals surface area contributed by atoms with E-state index in [-0.39, 0.29) is 18.1 Å². The van der Waals surface area contributed by atoms with E-state index in [9.17, 15) is 14.7 Å². The normalized spacial score (nSPS) is 10.6. The summed E-state index contributed by atoms with van der Waals surface area (Å²) in [4.78, 5) is 22.3. The van der Waals surface area contributed by atoms with Gasteiger partial charge in [0.2, 0.25) is 11.8 Å². The molecule has 0 aliphatic carbocycles. The van der Waals surface area contributed by atoms with Gasteiger partial charge >= 0.3 is 0 Å². The SMILES string of the molecule is O=C(CCCCCC(=O)N/N=C/c1cc(O)ccc1Br)NO. The van der Waals surface area contributed by atoms with Crippen molar-refractivity contribution in [3.8, 4) is 5.75 Å². The molecule has 0 radical (unpaired) electrons. The molecule has 4 N–H and O–H groups in total. The van der Waals surface area contributed by atoms with Crippen LogP contribution < -0.4 is 10.9 Å². The highest BCUT2D eigenvalue weighted by atomic mass is 79.9. The Bertz CT molecular complexity index is 549. The van der Waals surface area contributed by atoms with Gasteiger partial charge < -0.3 is 5.11 Å². The number of nitrogens with one attached hydrogen (secondary N) is 2. The Balaban J connectivity index is 2.24. The third kappa shape index (κ3) is 7.19. The number of carbonyl (C=O) groups excluding carboxylic acids is 2. The molecule has 0 bridgehead atoms. The number of hydroxylamine groups is 1. The number of phenols is 1. The predicted octanol–water partition coefficient (Wildman–Crippen LogP) is 2.06. The minimum absolute atomic E-state index is 0.114. The number of hydrogen-bond donors (Lipinski definition) is 4. The number of hydrazone groups is 1. The van der Waals surface area contributed by atoms with Gasteiger partial charge in [-0.1, -0.05) is 22.4 Å². The lowest BCUT2D eigenvalue weighted by molar-refractivity contribution is -0.129. The molecule has 2 amide bonds. The number of aromatic hydroxyl groups is 1. The molecule has 0 aromatic heterocycles. The molecule has 1 rings (SSSR count). The molecule has 22 heavy (non-hydrogen) atoms. The van der Waals surface area contributed by atoms with Crippen LogP contribution in [0.15, 0.2) is 27.8 Å². The standard InChI is InChI=1S/C14H18BrN3O4/c15-12-7-6-11(19)8-10(12)9-16-17-13(20)4-2-1-3-5-14(21)18-22/h6-9,19,22H,1-5H2,(H,17,20)(H,18,21)/b16-9+. The lowest BCUT2D eigenvalue weighted by atomic mass is 10.1. The van der Waals surface area contributed by atoms with E-state index in [0.717, 1.165) is 4.47 Å². The summed E-state index contributed by atoms with van der Waals surface area (Å²) in [6, 6.07) is 4.74. The van der Waals surface area contributed by atoms with Crippen molar-refractivity contribution < 1.29 is 19.9 Å². The molecule has 0 atom stereocenters. The predicted molar refractivity (Wildman–Crippen MR) is 84.6 cm³/mol. The molecular formula is C14H18BrN3O4. The van der Waals surface area contributed by atoms with E-state index >= 15 is 0 Å². The van der Waals surface area contributed by atoms with Crippen molar-refractivity contribution in [2.45, 2.75) is 32.1 Å². The van der Waals surface area contributed by atoms with Gasteiger partial charge in [0.15, 0.2) is 0 Å². The molecule has 8 heteroatoms. The van der Waals surface area contributed by atoms with Crippen molar-refractivity contribution in [2.75, 3.05) is 0 Å². The van der Waals surface area contributed by atoms with Gasteiger partial charge in [0, 0.05) is 22.9 Å². The number of carbonyl (C=O) groups is 2. The van der Waals surface area contributed by atoms with Crippen molar-refractivity contribution in [2.24, 2.45) is 5.10 Å². The Morgan fingerprint density at radius 3 is 2.55 bits per heavy atom. The van der Waals surface area contributed by atoms with Gasteiger partial charge in [0.1, 0.15) is 5.75 Å². The van der Waals surface area contributed by atoms with E-state index < -0.39 is 5.91 Å². The molecule has 0 heterocycles. The summed E-state index contributed by atoms with van der Waals surface area (Å²) >= 11 is 3.31. The molecule has 1 aromatic carbocycles. The summed E-state index contributed by atoms with van der Waals surface area (Å²) in [5.41, 5.74) is 4.60. The third-order valence-electron chi connectivity index (χ3n) is 2.80. The van der Waals surface area contributed by atoms with Crippen LogP contribution in [0.2, 0.25) is 0 Å². The maximum atomic E-state index is 11.5. The number of amides is 2. The number of halogens is 1. The summed E-state index contributed by atoms with van der Waals surface area (Å²) in [7, 11) is 0. The van der Waals surface area contributed by atoms with E-state index in [2.05, 4.69) is 26.5 Å². The van der Waals surface area contributed by atoms with Gasteiger partial charge in [-0.15, -0.1) is 0 Å². The van der Waals surface area contributed by atoms with Crippen molar-refractivity contribution in [3.05, 3.63) is 28.2 Å². The highest BCUT2D eigenvalue weighted by molar-refractivity contribution is 9.10. The van der Waals surface area contributed by atoms with Crippen LogP contribution in [-0.2, 0) is 9.59 Å². The molecule has 0 saturated heterocycles. The summed E-state index contributed by atoms with van der Waals surface area (Å²) < 4.78 is 0.755. The second-order valence-electron chi connectivity index (χ2n) is 4.59. The van der Waals surface area contributed by atoms with Gasteiger partial charge in [-0.2, -0.15) is 5.10 Å². The topological polar surface area (TPSA) is 111 Å². The summed E-state index contributed by atoms with van der Waals surface area (Å²) in [6.07, 6.45) is 3.94. The molecule has 0 aliphatic rings. The number of nitrogens with zero attached hydrogens (tertiary/aromatic N) is 1. The second kappa shape index (κ2) is 9.91. The molecule has 0 saturated carbocycles. The van der Waals surface area contributed by atoms with Gasteiger partial charge in [0.05, 0.1) is 6.21 Å². The molecular weight excluding hydrogens is 354 g/mol. The third-order valence-corrected chi connectivity index (χ3v) is 3.53. The van der Waals surface area contributed by atoms with Crippen molar-refractivity contribution in [3.63, 3.8) is 0 Å². The van der Waals surface area contributed by atoms with Crippen LogP contribution in [0, 0.1) is 0 Å². The average molecular weight is 372 g/mol. The van der Waals surface area contributed by atoms with Crippen LogP contribution in [0.5, 0.6) is 5.75 Å². The summed E-state index contributed by atoms with van der Waals surface area (Å²) in [5.74, 6) is -0.534. The zero-order valence-corrected chi connectivity index (χ0v) is 13.5. The first-order valence-corrected chi connectivity index (χ1v) is 7.55.